The third-order valence-electron chi connectivity index (χ3n) is 4.84. The van der Waals surface area contributed by atoms with Crippen molar-refractivity contribution in [2.75, 3.05) is 31.1 Å². The van der Waals surface area contributed by atoms with E-state index in [1.165, 1.54) is 0 Å². The van der Waals surface area contributed by atoms with E-state index < -0.39 is 18.0 Å². The van der Waals surface area contributed by atoms with E-state index in [0.29, 0.717) is 13.1 Å². The van der Waals surface area contributed by atoms with Gasteiger partial charge in [0.1, 0.15) is 12.1 Å². The van der Waals surface area contributed by atoms with Gasteiger partial charge in [-0.3, -0.25) is 14.4 Å². The molecule has 2 unspecified atom stereocenters. The summed E-state index contributed by atoms with van der Waals surface area (Å²) in [6.45, 7) is 2.55. The highest BCUT2D eigenvalue weighted by molar-refractivity contribution is 8.76. The van der Waals surface area contributed by atoms with Gasteiger partial charge in [-0.1, -0.05) is 40.9 Å². The van der Waals surface area contributed by atoms with Gasteiger partial charge >= 0.3 is 0 Å². The number of hydrogen-bond acceptors (Lipinski definition) is 7. The molecule has 1 fully saturated rings. The molecular weight excluding hydrogens is 438 g/mol. The SMILES string of the molecule is CC(NC(=O)CNC(=O)C(N=C(N)N)C1CCCCC1)C(=O)NCCCSSCCN. The fraction of sp³-hybridized carbons (Fsp3) is 0.789. The molecule has 1 saturated carbocycles. The van der Waals surface area contributed by atoms with Crippen LogP contribution in [0.25, 0.3) is 0 Å². The molecule has 178 valence electrons. The quantitative estimate of drug-likeness (QED) is 0.0856. The predicted octanol–water partition coefficient (Wildman–Crippen LogP) is -0.324. The molecule has 0 radical (unpaired) electrons. The van der Waals surface area contributed by atoms with Gasteiger partial charge in [0.2, 0.25) is 17.7 Å². The fourth-order valence-electron chi connectivity index (χ4n) is 3.28. The average Bonchev–Trinajstić information content (AvgIpc) is 2.75. The number of nitrogens with one attached hydrogen (secondary N) is 3. The highest BCUT2D eigenvalue weighted by atomic mass is 33.1. The van der Waals surface area contributed by atoms with Gasteiger partial charge in [-0.25, -0.2) is 4.99 Å². The number of carbonyl (C=O) groups is 3. The molecular formula is C19H37N7O3S2. The van der Waals surface area contributed by atoms with E-state index in [4.69, 9.17) is 17.2 Å². The first-order chi connectivity index (χ1) is 14.8. The van der Waals surface area contributed by atoms with Gasteiger partial charge in [-0.2, -0.15) is 0 Å². The summed E-state index contributed by atoms with van der Waals surface area (Å²) in [6, 6.07) is -1.39. The van der Waals surface area contributed by atoms with Gasteiger partial charge in [0.15, 0.2) is 5.96 Å². The number of rotatable bonds is 14. The number of amides is 3. The van der Waals surface area contributed by atoms with Crippen molar-refractivity contribution in [2.24, 2.45) is 28.1 Å². The lowest BCUT2D eigenvalue weighted by Crippen LogP contribution is -2.49. The van der Waals surface area contributed by atoms with Crippen LogP contribution in [0.3, 0.4) is 0 Å². The molecule has 0 aromatic carbocycles. The Bertz CT molecular complexity index is 597. The zero-order chi connectivity index (χ0) is 23.1. The molecule has 0 saturated heterocycles. The van der Waals surface area contributed by atoms with E-state index in [9.17, 15) is 14.4 Å². The van der Waals surface area contributed by atoms with E-state index in [1.807, 2.05) is 0 Å². The lowest BCUT2D eigenvalue weighted by molar-refractivity contribution is -0.130. The summed E-state index contributed by atoms with van der Waals surface area (Å²) >= 11 is 0. The Morgan fingerprint density at radius 3 is 2.35 bits per heavy atom. The smallest absolute Gasteiger partial charge is 0.245 e. The Labute approximate surface area is 192 Å². The molecule has 0 spiro atoms. The second kappa shape index (κ2) is 16.0. The summed E-state index contributed by atoms with van der Waals surface area (Å²) in [5, 5.41) is 7.97. The van der Waals surface area contributed by atoms with Crippen molar-refractivity contribution < 1.29 is 14.4 Å². The van der Waals surface area contributed by atoms with Crippen LogP contribution in [0.5, 0.6) is 0 Å². The van der Waals surface area contributed by atoms with Gasteiger partial charge in [0.25, 0.3) is 0 Å². The number of nitrogens with zero attached hydrogens (tertiary/aromatic N) is 1. The first kappa shape index (κ1) is 27.4. The molecule has 9 N–H and O–H groups in total. The molecule has 0 aliphatic heterocycles. The third kappa shape index (κ3) is 12.1. The van der Waals surface area contributed by atoms with Crippen LogP contribution < -0.4 is 33.2 Å². The molecule has 0 heterocycles. The van der Waals surface area contributed by atoms with Gasteiger partial charge in [-0.05, 0) is 32.1 Å². The van der Waals surface area contributed by atoms with Crippen molar-refractivity contribution >= 4 is 45.3 Å². The number of guanidine groups is 1. The van der Waals surface area contributed by atoms with Crippen LogP contribution in [0.15, 0.2) is 4.99 Å². The Kier molecular flexibility index (Phi) is 14.2. The second-order valence-electron chi connectivity index (χ2n) is 7.48. The van der Waals surface area contributed by atoms with Crippen molar-refractivity contribution in [3.63, 3.8) is 0 Å². The molecule has 0 aromatic rings. The summed E-state index contributed by atoms with van der Waals surface area (Å²) in [5.41, 5.74) is 16.4. The van der Waals surface area contributed by atoms with Gasteiger partial charge in [0, 0.05) is 24.6 Å². The first-order valence-corrected chi connectivity index (χ1v) is 13.2. The minimum atomic E-state index is -0.699. The molecule has 0 aromatic heterocycles. The van der Waals surface area contributed by atoms with E-state index in [1.54, 1.807) is 28.5 Å². The van der Waals surface area contributed by atoms with Crippen LogP contribution in [0.4, 0.5) is 0 Å². The Hall–Kier alpha value is -1.66. The van der Waals surface area contributed by atoms with Crippen LogP contribution in [-0.2, 0) is 14.4 Å². The van der Waals surface area contributed by atoms with Crippen molar-refractivity contribution in [3.05, 3.63) is 0 Å². The normalized spacial score (nSPS) is 16.1. The van der Waals surface area contributed by atoms with Crippen LogP contribution in [-0.4, -0.2) is 66.9 Å². The van der Waals surface area contributed by atoms with E-state index >= 15 is 0 Å². The van der Waals surface area contributed by atoms with Crippen molar-refractivity contribution in [2.45, 2.75) is 57.5 Å². The molecule has 1 rings (SSSR count). The summed E-state index contributed by atoms with van der Waals surface area (Å²) in [6.07, 6.45) is 5.80. The van der Waals surface area contributed by atoms with E-state index in [-0.39, 0.29) is 30.2 Å². The zero-order valence-electron chi connectivity index (χ0n) is 18.2. The van der Waals surface area contributed by atoms with Crippen molar-refractivity contribution in [1.82, 2.24) is 16.0 Å². The first-order valence-electron chi connectivity index (χ1n) is 10.7. The maximum atomic E-state index is 12.6. The minimum absolute atomic E-state index is 0.0653. The zero-order valence-corrected chi connectivity index (χ0v) is 19.9. The fourth-order valence-corrected chi connectivity index (χ4v) is 5.22. The topological polar surface area (TPSA) is 178 Å². The largest absolute Gasteiger partial charge is 0.370 e. The average molecular weight is 476 g/mol. The van der Waals surface area contributed by atoms with Crippen LogP contribution in [0.2, 0.25) is 0 Å². The maximum Gasteiger partial charge on any atom is 0.245 e. The van der Waals surface area contributed by atoms with Crippen LogP contribution in [0.1, 0.15) is 45.4 Å². The maximum absolute atomic E-state index is 12.6. The summed E-state index contributed by atoms with van der Waals surface area (Å²) in [4.78, 5) is 40.9. The molecule has 3 amide bonds. The van der Waals surface area contributed by atoms with E-state index in [0.717, 1.165) is 50.0 Å². The third-order valence-corrected chi connectivity index (χ3v) is 7.36. The summed E-state index contributed by atoms with van der Waals surface area (Å²) in [5.74, 6) is 0.654. The second-order valence-corrected chi connectivity index (χ2v) is 10.2. The van der Waals surface area contributed by atoms with Gasteiger partial charge in [0.05, 0.1) is 6.54 Å². The highest BCUT2D eigenvalue weighted by Gasteiger charge is 2.29. The summed E-state index contributed by atoms with van der Waals surface area (Å²) < 4.78 is 0. The Morgan fingerprint density at radius 1 is 1.03 bits per heavy atom. The number of aliphatic imine (C=N–C) groups is 1. The Morgan fingerprint density at radius 2 is 1.71 bits per heavy atom. The molecule has 1 aliphatic rings. The van der Waals surface area contributed by atoms with Crippen LogP contribution >= 0.6 is 21.6 Å². The van der Waals surface area contributed by atoms with E-state index in [2.05, 4.69) is 20.9 Å². The minimum Gasteiger partial charge on any atom is -0.370 e. The molecule has 10 nitrogen and oxygen atoms in total. The molecule has 2 atom stereocenters. The highest BCUT2D eigenvalue weighted by Crippen LogP contribution is 2.28. The standard InChI is InChI=1S/C19H37N7O3S2/c1-13(17(28)23-9-5-10-30-31-11-8-20)25-15(27)12-24-18(29)16(26-19(21)22)14-6-3-2-4-7-14/h13-14,16H,2-12,20H2,1H3,(H,23,28)(H,24,29)(H,25,27)(H4,21,22,26). The van der Waals surface area contributed by atoms with Crippen LogP contribution in [0, 0.1) is 5.92 Å². The van der Waals surface area contributed by atoms with Gasteiger partial charge in [-0.15, -0.1) is 0 Å². The lowest BCUT2D eigenvalue weighted by Gasteiger charge is -2.27. The molecule has 0 bridgehead atoms. The predicted molar refractivity (Wildman–Crippen MR) is 128 cm³/mol. The molecule has 12 heteroatoms. The summed E-state index contributed by atoms with van der Waals surface area (Å²) in [7, 11) is 3.44. The monoisotopic (exact) mass is 475 g/mol. The Balaban J connectivity index is 2.33. The molecule has 1 aliphatic carbocycles. The number of carbonyl (C=O) groups excluding carboxylic acids is 3. The van der Waals surface area contributed by atoms with Crippen molar-refractivity contribution in [3.8, 4) is 0 Å². The molecule has 31 heavy (non-hydrogen) atoms. The lowest BCUT2D eigenvalue weighted by atomic mass is 9.83. The number of nitrogens with two attached hydrogens (primary N) is 3. The number of hydrogen-bond donors (Lipinski definition) is 6. The van der Waals surface area contributed by atoms with Gasteiger partial charge < -0.3 is 33.2 Å². The van der Waals surface area contributed by atoms with Crippen molar-refractivity contribution in [1.29, 1.82) is 0 Å².